The van der Waals surface area contributed by atoms with Crippen molar-refractivity contribution in [2.24, 2.45) is 10.2 Å². The topological polar surface area (TPSA) is 45.0 Å². The van der Waals surface area contributed by atoms with Crippen molar-refractivity contribution in [3.05, 3.63) is 66.2 Å². The monoisotopic (exact) mass is 304 g/mol. The molecule has 0 atom stereocenters. The van der Waals surface area contributed by atoms with Crippen molar-refractivity contribution in [1.82, 2.24) is 0 Å². The Hall–Kier alpha value is -2.68. The number of azo groups is 1. The van der Waals surface area contributed by atoms with Crippen LogP contribution in [0.3, 0.4) is 0 Å². The fraction of sp³-hybridized carbons (Fsp3) is 0.200. The van der Waals surface area contributed by atoms with E-state index < -0.39 is 0 Å². The number of nitrogens with zero attached hydrogens (tertiary/aromatic N) is 2. The predicted molar refractivity (Wildman–Crippen MR) is 94.9 cm³/mol. The summed E-state index contributed by atoms with van der Waals surface area (Å²) in [6.45, 7) is 6.19. The molecule has 0 heterocycles. The van der Waals surface area contributed by atoms with Crippen LogP contribution in [0.15, 0.2) is 70.9 Å². The fourth-order valence-electron chi connectivity index (χ4n) is 2.62. The van der Waals surface area contributed by atoms with Gasteiger partial charge in [0, 0.05) is 10.9 Å². The molecule has 3 rings (SSSR count). The Labute approximate surface area is 136 Å². The van der Waals surface area contributed by atoms with Gasteiger partial charge in [-0.05, 0) is 22.9 Å². The summed E-state index contributed by atoms with van der Waals surface area (Å²) in [7, 11) is 0. The molecule has 3 aromatic rings. The van der Waals surface area contributed by atoms with Crippen LogP contribution in [-0.2, 0) is 5.41 Å². The Morgan fingerprint density at radius 2 is 1.35 bits per heavy atom. The molecule has 0 aliphatic carbocycles. The van der Waals surface area contributed by atoms with Crippen molar-refractivity contribution < 1.29 is 5.11 Å². The van der Waals surface area contributed by atoms with Gasteiger partial charge < -0.3 is 5.11 Å². The summed E-state index contributed by atoms with van der Waals surface area (Å²) in [5, 5.41) is 21.3. The molecule has 1 N–H and O–H groups in total. The summed E-state index contributed by atoms with van der Waals surface area (Å²) < 4.78 is 0. The summed E-state index contributed by atoms with van der Waals surface area (Å²) in [4.78, 5) is 0. The van der Waals surface area contributed by atoms with E-state index in [1.54, 1.807) is 6.07 Å². The van der Waals surface area contributed by atoms with Gasteiger partial charge in [0.05, 0.1) is 5.69 Å². The van der Waals surface area contributed by atoms with Crippen LogP contribution in [0, 0.1) is 0 Å². The Kier molecular flexibility index (Phi) is 3.87. The lowest BCUT2D eigenvalue weighted by Crippen LogP contribution is -2.10. The number of benzene rings is 3. The lowest BCUT2D eigenvalue weighted by molar-refractivity contribution is 0.448. The molecule has 0 aliphatic heterocycles. The van der Waals surface area contributed by atoms with E-state index in [2.05, 4.69) is 31.0 Å². The smallest absolute Gasteiger partial charge is 0.146 e. The van der Waals surface area contributed by atoms with Gasteiger partial charge in [0.1, 0.15) is 11.4 Å². The van der Waals surface area contributed by atoms with Crippen molar-refractivity contribution in [1.29, 1.82) is 0 Å². The average Bonchev–Trinajstić information content (AvgIpc) is 2.53. The molecule has 0 saturated carbocycles. The first-order valence-corrected chi connectivity index (χ1v) is 7.69. The van der Waals surface area contributed by atoms with Crippen LogP contribution in [0.4, 0.5) is 11.4 Å². The molecule has 0 fully saturated rings. The zero-order chi connectivity index (χ0) is 16.4. The van der Waals surface area contributed by atoms with Gasteiger partial charge in [-0.2, -0.15) is 0 Å². The first-order valence-electron chi connectivity index (χ1n) is 7.69. The van der Waals surface area contributed by atoms with Crippen molar-refractivity contribution in [2.75, 3.05) is 0 Å². The van der Waals surface area contributed by atoms with Crippen molar-refractivity contribution >= 4 is 22.1 Å². The summed E-state index contributed by atoms with van der Waals surface area (Å²) in [5.41, 5.74) is 2.01. The second kappa shape index (κ2) is 5.84. The molecular formula is C20H20N2O. The highest BCUT2D eigenvalue weighted by Crippen LogP contribution is 2.38. The van der Waals surface area contributed by atoms with E-state index in [9.17, 15) is 5.11 Å². The summed E-state index contributed by atoms with van der Waals surface area (Å²) in [5.74, 6) is 0.198. The van der Waals surface area contributed by atoms with Crippen LogP contribution in [0.25, 0.3) is 10.8 Å². The molecular weight excluding hydrogens is 284 g/mol. The van der Waals surface area contributed by atoms with Gasteiger partial charge in [0.2, 0.25) is 0 Å². The molecule has 116 valence electrons. The van der Waals surface area contributed by atoms with Gasteiger partial charge in [-0.3, -0.25) is 0 Å². The molecule has 0 aromatic heterocycles. The molecule has 0 saturated heterocycles. The first-order chi connectivity index (χ1) is 11.0. The van der Waals surface area contributed by atoms with Crippen LogP contribution < -0.4 is 0 Å². The Morgan fingerprint density at radius 3 is 2.13 bits per heavy atom. The largest absolute Gasteiger partial charge is 0.505 e. The zero-order valence-electron chi connectivity index (χ0n) is 13.6. The van der Waals surface area contributed by atoms with Gasteiger partial charge >= 0.3 is 0 Å². The number of aromatic hydroxyl groups is 1. The molecule has 3 heteroatoms. The minimum atomic E-state index is -0.144. The third kappa shape index (κ3) is 3.09. The van der Waals surface area contributed by atoms with Crippen LogP contribution in [0.1, 0.15) is 26.3 Å². The number of phenolic OH excluding ortho intramolecular Hbond substituents is 1. The van der Waals surface area contributed by atoms with E-state index in [-0.39, 0.29) is 11.2 Å². The maximum Gasteiger partial charge on any atom is 0.146 e. The second-order valence-corrected chi connectivity index (χ2v) is 6.62. The Bertz CT molecular complexity index is 871. The molecule has 0 unspecified atom stereocenters. The third-order valence-corrected chi connectivity index (χ3v) is 3.85. The lowest BCUT2D eigenvalue weighted by Gasteiger charge is -2.20. The number of rotatable bonds is 2. The van der Waals surface area contributed by atoms with Crippen LogP contribution in [0.5, 0.6) is 5.75 Å². The Balaban J connectivity index is 2.03. The maximum absolute atomic E-state index is 10.5. The van der Waals surface area contributed by atoms with E-state index in [0.29, 0.717) is 5.69 Å². The van der Waals surface area contributed by atoms with Crippen molar-refractivity contribution in [3.63, 3.8) is 0 Å². The Morgan fingerprint density at radius 1 is 0.739 bits per heavy atom. The fourth-order valence-corrected chi connectivity index (χ4v) is 2.62. The summed E-state index contributed by atoms with van der Waals surface area (Å²) in [6, 6.07) is 19.6. The van der Waals surface area contributed by atoms with Gasteiger partial charge in [0.15, 0.2) is 0 Å². The van der Waals surface area contributed by atoms with Crippen molar-refractivity contribution in [3.8, 4) is 5.75 Å². The molecule has 0 bridgehead atoms. The van der Waals surface area contributed by atoms with Gasteiger partial charge in [-0.15, -0.1) is 10.2 Å². The van der Waals surface area contributed by atoms with E-state index in [1.807, 2.05) is 54.6 Å². The van der Waals surface area contributed by atoms with Crippen LogP contribution >= 0.6 is 0 Å². The van der Waals surface area contributed by atoms with E-state index in [0.717, 1.165) is 22.0 Å². The first kappa shape index (κ1) is 15.2. The summed E-state index contributed by atoms with van der Waals surface area (Å²) in [6.07, 6.45) is 0. The van der Waals surface area contributed by atoms with Gasteiger partial charge in [-0.1, -0.05) is 69.3 Å². The molecule has 23 heavy (non-hydrogen) atoms. The van der Waals surface area contributed by atoms with E-state index in [4.69, 9.17) is 0 Å². The summed E-state index contributed by atoms with van der Waals surface area (Å²) >= 11 is 0. The standard InChI is InChI=1S/C20H20N2O/c1-20(2,3)16-11-7-13-18(19(16)23)22-21-17-12-6-9-14-8-4-5-10-15(14)17/h4-13,23H,1-3H3. The molecule has 3 aromatic carbocycles. The number of fused-ring (bicyclic) bond motifs is 1. The maximum atomic E-state index is 10.5. The van der Waals surface area contributed by atoms with Gasteiger partial charge in [0.25, 0.3) is 0 Å². The minimum Gasteiger partial charge on any atom is -0.505 e. The van der Waals surface area contributed by atoms with E-state index >= 15 is 0 Å². The average molecular weight is 304 g/mol. The van der Waals surface area contributed by atoms with E-state index in [1.165, 1.54) is 0 Å². The molecule has 3 nitrogen and oxygen atoms in total. The number of hydrogen-bond donors (Lipinski definition) is 1. The molecule has 0 amide bonds. The zero-order valence-corrected chi connectivity index (χ0v) is 13.6. The molecule has 0 aliphatic rings. The lowest BCUT2D eigenvalue weighted by atomic mass is 9.86. The quantitative estimate of drug-likeness (QED) is 0.558. The number of hydrogen-bond acceptors (Lipinski definition) is 3. The highest BCUT2D eigenvalue weighted by molar-refractivity contribution is 5.92. The van der Waals surface area contributed by atoms with Crippen LogP contribution in [0.2, 0.25) is 0 Å². The number of para-hydroxylation sites is 1. The van der Waals surface area contributed by atoms with Gasteiger partial charge in [-0.25, -0.2) is 0 Å². The highest BCUT2D eigenvalue weighted by Gasteiger charge is 2.19. The predicted octanol–water partition coefficient (Wildman–Crippen LogP) is 6.26. The minimum absolute atomic E-state index is 0.144. The third-order valence-electron chi connectivity index (χ3n) is 3.85. The normalized spacial score (nSPS) is 12.1. The van der Waals surface area contributed by atoms with Crippen molar-refractivity contribution in [2.45, 2.75) is 26.2 Å². The molecule has 0 radical (unpaired) electrons. The second-order valence-electron chi connectivity index (χ2n) is 6.62. The highest BCUT2D eigenvalue weighted by atomic mass is 16.3. The molecule has 0 spiro atoms. The SMILES string of the molecule is CC(C)(C)c1cccc(N=Nc2cccc3ccccc23)c1O. The number of phenols is 1. The van der Waals surface area contributed by atoms with Crippen LogP contribution in [-0.4, -0.2) is 5.11 Å².